The number of amides is 1. The monoisotopic (exact) mass is 552 g/mol. The Morgan fingerprint density at radius 3 is 1.88 bits per heavy atom. The van der Waals surface area contributed by atoms with E-state index in [-0.39, 0.29) is 11.7 Å². The van der Waals surface area contributed by atoms with Crippen molar-refractivity contribution in [1.82, 2.24) is 0 Å². The van der Waals surface area contributed by atoms with Crippen LogP contribution in [0, 0.1) is 0 Å². The number of ether oxygens (including phenoxy) is 2. The Hall–Kier alpha value is -5.62. The summed E-state index contributed by atoms with van der Waals surface area (Å²) in [5.41, 5.74) is 2.83. The molecule has 1 amide bonds. The maximum Gasteiger partial charge on any atom is 0.255 e. The molecule has 6 aromatic carbocycles. The van der Waals surface area contributed by atoms with Gasteiger partial charge in [0.2, 0.25) is 0 Å². The number of anilines is 2. The van der Waals surface area contributed by atoms with Crippen molar-refractivity contribution in [2.75, 3.05) is 17.7 Å². The van der Waals surface area contributed by atoms with Crippen LogP contribution in [0.15, 0.2) is 121 Å². The molecule has 0 aromatic heterocycles. The summed E-state index contributed by atoms with van der Waals surface area (Å²) >= 11 is 0. The average molecular weight is 553 g/mol. The van der Waals surface area contributed by atoms with Gasteiger partial charge in [0.1, 0.15) is 23.0 Å². The van der Waals surface area contributed by atoms with Crippen molar-refractivity contribution < 1.29 is 19.1 Å². The number of hydrogen-bond donors (Lipinski definition) is 2. The molecule has 0 atom stereocenters. The Morgan fingerprint density at radius 1 is 0.571 bits per heavy atom. The Kier molecular flexibility index (Phi) is 7.26. The van der Waals surface area contributed by atoms with E-state index in [9.17, 15) is 9.59 Å². The number of benzene rings is 6. The minimum absolute atomic E-state index is 0.0103. The zero-order chi connectivity index (χ0) is 29.1. The maximum absolute atomic E-state index is 12.9. The van der Waals surface area contributed by atoms with E-state index >= 15 is 0 Å². The number of carbonyl (C=O) groups excluding carboxylic acids is 2. The molecule has 0 fully saturated rings. The standard InChI is InChI=1S/C36H28N2O4/c1-23(39)24-7-8-26-20-28(10-9-25(26)19-24)36(40)38-30-13-17-31(18-14-30)41-33-21-27-5-3-4-6-34(27)35(22-33)42-32-15-11-29(37-2)12-16-32/h3-22,37H,1-2H3,(H,38,40). The molecule has 0 saturated carbocycles. The van der Waals surface area contributed by atoms with Crippen LogP contribution in [0.4, 0.5) is 11.4 Å². The van der Waals surface area contributed by atoms with Crippen molar-refractivity contribution in [2.24, 2.45) is 0 Å². The van der Waals surface area contributed by atoms with E-state index in [0.717, 1.165) is 33.0 Å². The van der Waals surface area contributed by atoms with Crippen LogP contribution in [0.5, 0.6) is 23.0 Å². The fourth-order valence-electron chi connectivity index (χ4n) is 4.76. The van der Waals surface area contributed by atoms with Crippen molar-refractivity contribution >= 4 is 44.6 Å². The first-order valence-corrected chi connectivity index (χ1v) is 13.6. The molecule has 0 radical (unpaired) electrons. The van der Waals surface area contributed by atoms with E-state index in [0.29, 0.717) is 34.1 Å². The lowest BCUT2D eigenvalue weighted by molar-refractivity contribution is 0.101. The quantitative estimate of drug-likeness (QED) is 0.184. The predicted octanol–water partition coefficient (Wildman–Crippen LogP) is 9.07. The molecule has 2 N–H and O–H groups in total. The lowest BCUT2D eigenvalue weighted by Crippen LogP contribution is -2.11. The van der Waals surface area contributed by atoms with E-state index in [1.807, 2.05) is 104 Å². The van der Waals surface area contributed by atoms with Crippen LogP contribution in [0.25, 0.3) is 21.5 Å². The second kappa shape index (κ2) is 11.5. The van der Waals surface area contributed by atoms with Crippen LogP contribution in [0.2, 0.25) is 0 Å². The van der Waals surface area contributed by atoms with Crippen molar-refractivity contribution in [3.63, 3.8) is 0 Å². The first-order valence-electron chi connectivity index (χ1n) is 13.6. The highest BCUT2D eigenvalue weighted by atomic mass is 16.5. The fraction of sp³-hybridized carbons (Fsp3) is 0.0556. The van der Waals surface area contributed by atoms with E-state index in [2.05, 4.69) is 10.6 Å². The van der Waals surface area contributed by atoms with Crippen molar-refractivity contribution in [1.29, 1.82) is 0 Å². The van der Waals surface area contributed by atoms with Crippen LogP contribution in [-0.4, -0.2) is 18.7 Å². The third-order valence-corrected chi connectivity index (χ3v) is 7.03. The molecular formula is C36H28N2O4. The largest absolute Gasteiger partial charge is 0.457 e. The van der Waals surface area contributed by atoms with E-state index in [1.165, 1.54) is 0 Å². The molecule has 6 rings (SSSR count). The van der Waals surface area contributed by atoms with Gasteiger partial charge in [0.25, 0.3) is 5.91 Å². The van der Waals surface area contributed by atoms with Gasteiger partial charge in [-0.1, -0.05) is 42.5 Å². The molecule has 0 aliphatic carbocycles. The van der Waals surface area contributed by atoms with Crippen LogP contribution >= 0.6 is 0 Å². The molecule has 0 unspecified atom stereocenters. The molecule has 0 spiro atoms. The number of hydrogen-bond acceptors (Lipinski definition) is 5. The van der Waals surface area contributed by atoms with Gasteiger partial charge in [-0.3, -0.25) is 9.59 Å². The van der Waals surface area contributed by atoms with Gasteiger partial charge in [-0.15, -0.1) is 0 Å². The number of rotatable bonds is 8. The molecule has 0 heterocycles. The molecule has 0 saturated heterocycles. The summed E-state index contributed by atoms with van der Waals surface area (Å²) in [7, 11) is 1.88. The molecule has 0 aliphatic heterocycles. The molecule has 6 nitrogen and oxygen atoms in total. The lowest BCUT2D eigenvalue weighted by atomic mass is 10.0. The second-order valence-electron chi connectivity index (χ2n) is 9.93. The van der Waals surface area contributed by atoms with Crippen LogP contribution < -0.4 is 20.1 Å². The summed E-state index contributed by atoms with van der Waals surface area (Å²) in [5, 5.41) is 9.83. The number of fused-ring (bicyclic) bond motifs is 2. The molecule has 0 bridgehead atoms. The van der Waals surface area contributed by atoms with Crippen molar-refractivity contribution in [3.8, 4) is 23.0 Å². The molecule has 0 aliphatic rings. The van der Waals surface area contributed by atoms with Gasteiger partial charge in [-0.2, -0.15) is 0 Å². The van der Waals surface area contributed by atoms with E-state index < -0.39 is 0 Å². The van der Waals surface area contributed by atoms with E-state index in [1.54, 1.807) is 31.2 Å². The zero-order valence-electron chi connectivity index (χ0n) is 23.2. The van der Waals surface area contributed by atoms with Crippen LogP contribution in [0.1, 0.15) is 27.6 Å². The summed E-state index contributed by atoms with van der Waals surface area (Å²) in [6.45, 7) is 1.54. The summed E-state index contributed by atoms with van der Waals surface area (Å²) in [6, 6.07) is 37.7. The predicted molar refractivity (Wildman–Crippen MR) is 168 cm³/mol. The van der Waals surface area contributed by atoms with Gasteiger partial charge in [-0.05, 0) is 95.9 Å². The topological polar surface area (TPSA) is 76.7 Å². The summed E-state index contributed by atoms with van der Waals surface area (Å²) in [5.74, 6) is 2.47. The molecular weight excluding hydrogens is 524 g/mol. The maximum atomic E-state index is 12.9. The van der Waals surface area contributed by atoms with Gasteiger partial charge in [0.05, 0.1) is 0 Å². The average Bonchev–Trinajstić information content (AvgIpc) is 3.02. The SMILES string of the molecule is CNc1ccc(Oc2cc(Oc3ccc(NC(=O)c4ccc5cc(C(C)=O)ccc5c4)cc3)cc3ccccc23)cc1. The van der Waals surface area contributed by atoms with Crippen molar-refractivity contribution in [2.45, 2.75) is 6.92 Å². The number of carbonyl (C=O) groups is 2. The minimum atomic E-state index is -0.222. The highest BCUT2D eigenvalue weighted by Crippen LogP contribution is 2.36. The van der Waals surface area contributed by atoms with Gasteiger partial charge < -0.3 is 20.1 Å². The molecule has 206 valence electrons. The van der Waals surface area contributed by atoms with Gasteiger partial charge in [0, 0.05) is 41.0 Å². The first-order chi connectivity index (χ1) is 20.4. The number of ketones is 1. The molecule has 6 heteroatoms. The zero-order valence-corrected chi connectivity index (χ0v) is 23.2. The highest BCUT2D eigenvalue weighted by molar-refractivity contribution is 6.07. The second-order valence-corrected chi connectivity index (χ2v) is 9.93. The first kappa shape index (κ1) is 26.6. The molecule has 6 aromatic rings. The normalized spacial score (nSPS) is 10.8. The summed E-state index contributed by atoms with van der Waals surface area (Å²) in [6.07, 6.45) is 0. The van der Waals surface area contributed by atoms with Gasteiger partial charge >= 0.3 is 0 Å². The summed E-state index contributed by atoms with van der Waals surface area (Å²) in [4.78, 5) is 24.6. The third kappa shape index (κ3) is 5.78. The number of nitrogens with one attached hydrogen (secondary N) is 2. The van der Waals surface area contributed by atoms with Crippen LogP contribution in [0.3, 0.4) is 0 Å². The Morgan fingerprint density at radius 2 is 1.19 bits per heavy atom. The highest BCUT2D eigenvalue weighted by Gasteiger charge is 2.11. The Bertz CT molecular complexity index is 1930. The summed E-state index contributed by atoms with van der Waals surface area (Å²) < 4.78 is 12.4. The minimum Gasteiger partial charge on any atom is -0.457 e. The molecule has 42 heavy (non-hydrogen) atoms. The Balaban J connectivity index is 1.17. The van der Waals surface area contributed by atoms with Gasteiger partial charge in [-0.25, -0.2) is 0 Å². The Labute approximate surface area is 243 Å². The van der Waals surface area contributed by atoms with E-state index in [4.69, 9.17) is 9.47 Å². The van der Waals surface area contributed by atoms with Crippen molar-refractivity contribution in [3.05, 3.63) is 132 Å². The smallest absolute Gasteiger partial charge is 0.255 e. The lowest BCUT2D eigenvalue weighted by Gasteiger charge is -2.13. The third-order valence-electron chi connectivity index (χ3n) is 7.03. The number of Topliss-reactive ketones (excluding diaryl/α,β-unsaturated/α-hetero) is 1. The van der Waals surface area contributed by atoms with Gasteiger partial charge in [0.15, 0.2) is 5.78 Å². The van der Waals surface area contributed by atoms with Crippen LogP contribution in [-0.2, 0) is 0 Å². The fourth-order valence-corrected chi connectivity index (χ4v) is 4.76.